The highest BCUT2D eigenvalue weighted by Crippen LogP contribution is 1.99. The second kappa shape index (κ2) is 3.27. The van der Waals surface area contributed by atoms with E-state index in [2.05, 4.69) is 15.5 Å². The number of aryl methyl sites for hydroxylation is 1. The molecule has 4 nitrogen and oxygen atoms in total. The van der Waals surface area contributed by atoms with Crippen molar-refractivity contribution in [2.45, 2.75) is 27.3 Å². The zero-order valence-corrected chi connectivity index (χ0v) is 7.07. The van der Waals surface area contributed by atoms with E-state index < -0.39 is 0 Å². The largest absolute Gasteiger partial charge is 0.226 e. The zero-order chi connectivity index (χ0) is 8.27. The minimum atomic E-state index is 0.812. The number of hydrogen-bond acceptors (Lipinski definition) is 3. The van der Waals surface area contributed by atoms with E-state index in [9.17, 15) is 0 Å². The molecule has 1 aromatic rings. The highest BCUT2D eigenvalue weighted by molar-refractivity contribution is 5.42. The van der Waals surface area contributed by atoms with E-state index in [1.54, 1.807) is 4.68 Å². The Labute approximate surface area is 65.9 Å². The Kier molecular flexibility index (Phi) is 2.36. The summed E-state index contributed by atoms with van der Waals surface area (Å²) in [5, 5.41) is 11.2. The fourth-order valence-corrected chi connectivity index (χ4v) is 0.798. The fourth-order valence-electron chi connectivity index (χ4n) is 0.798. The predicted molar refractivity (Wildman–Crippen MR) is 42.8 cm³/mol. The summed E-state index contributed by atoms with van der Waals surface area (Å²) in [6.07, 6.45) is 1.96. The maximum Gasteiger partial charge on any atom is 0.174 e. The van der Waals surface area contributed by atoms with Gasteiger partial charge in [0.1, 0.15) is 0 Å². The number of allylic oxidation sites excluding steroid dienone is 1. The molecule has 0 aliphatic carbocycles. The lowest BCUT2D eigenvalue weighted by molar-refractivity contribution is 0.621. The summed E-state index contributed by atoms with van der Waals surface area (Å²) in [5.74, 6) is 0.826. The fraction of sp³-hybridized carbons (Fsp3) is 0.571. The summed E-state index contributed by atoms with van der Waals surface area (Å²) in [4.78, 5) is 0. The Morgan fingerprint density at radius 1 is 1.55 bits per heavy atom. The molecule has 0 N–H and O–H groups in total. The van der Waals surface area contributed by atoms with Crippen molar-refractivity contribution in [2.75, 3.05) is 0 Å². The molecule has 0 spiro atoms. The van der Waals surface area contributed by atoms with Gasteiger partial charge in [0, 0.05) is 6.54 Å². The maximum atomic E-state index is 3.85. The van der Waals surface area contributed by atoms with Crippen LogP contribution in [-0.2, 0) is 6.54 Å². The van der Waals surface area contributed by atoms with E-state index in [0.717, 1.165) is 12.4 Å². The number of tetrazole rings is 1. The molecule has 0 atom stereocenters. The minimum Gasteiger partial charge on any atom is -0.226 e. The van der Waals surface area contributed by atoms with Crippen LogP contribution in [0.2, 0.25) is 0 Å². The van der Waals surface area contributed by atoms with E-state index in [1.807, 2.05) is 26.8 Å². The molecular formula is C7H12N4. The van der Waals surface area contributed by atoms with E-state index >= 15 is 0 Å². The maximum absolute atomic E-state index is 3.85. The van der Waals surface area contributed by atoms with Gasteiger partial charge in [-0.2, -0.15) is 0 Å². The van der Waals surface area contributed by atoms with Crippen molar-refractivity contribution in [1.29, 1.82) is 0 Å². The Morgan fingerprint density at radius 2 is 2.27 bits per heavy atom. The molecule has 1 rings (SSSR count). The van der Waals surface area contributed by atoms with Crippen LogP contribution in [0.1, 0.15) is 26.6 Å². The number of hydrogen-bond donors (Lipinski definition) is 0. The first-order chi connectivity index (χ1) is 5.24. The van der Waals surface area contributed by atoms with Gasteiger partial charge in [-0.3, -0.25) is 0 Å². The summed E-state index contributed by atoms with van der Waals surface area (Å²) >= 11 is 0. The van der Waals surface area contributed by atoms with Crippen LogP contribution in [0.25, 0.3) is 6.08 Å². The Morgan fingerprint density at radius 3 is 2.82 bits per heavy atom. The summed E-state index contributed by atoms with van der Waals surface area (Å²) in [6.45, 7) is 6.87. The zero-order valence-electron chi connectivity index (χ0n) is 7.07. The van der Waals surface area contributed by atoms with Crippen molar-refractivity contribution in [3.8, 4) is 0 Å². The molecule has 0 fully saturated rings. The van der Waals surface area contributed by atoms with Crippen molar-refractivity contribution in [3.63, 3.8) is 0 Å². The highest BCUT2D eigenvalue weighted by Gasteiger charge is 1.98. The SMILES string of the molecule is CCn1nnnc1C=C(C)C. The third-order valence-corrected chi connectivity index (χ3v) is 1.28. The number of rotatable bonds is 2. The quantitative estimate of drug-likeness (QED) is 0.637. The number of aromatic nitrogens is 4. The van der Waals surface area contributed by atoms with Gasteiger partial charge in [0.05, 0.1) is 0 Å². The van der Waals surface area contributed by atoms with Crippen molar-refractivity contribution in [2.24, 2.45) is 0 Å². The molecule has 0 bridgehead atoms. The van der Waals surface area contributed by atoms with Crippen LogP contribution in [0.5, 0.6) is 0 Å². The minimum absolute atomic E-state index is 0.812. The molecule has 0 saturated heterocycles. The van der Waals surface area contributed by atoms with Gasteiger partial charge in [-0.05, 0) is 37.3 Å². The lowest BCUT2D eigenvalue weighted by atomic mass is 10.3. The van der Waals surface area contributed by atoms with E-state index in [1.165, 1.54) is 5.57 Å². The molecule has 60 valence electrons. The van der Waals surface area contributed by atoms with Crippen LogP contribution in [0, 0.1) is 0 Å². The van der Waals surface area contributed by atoms with Crippen LogP contribution in [0.3, 0.4) is 0 Å². The van der Waals surface area contributed by atoms with Crippen molar-refractivity contribution in [1.82, 2.24) is 20.2 Å². The summed E-state index contributed by atoms with van der Waals surface area (Å²) in [6, 6.07) is 0. The molecule has 0 radical (unpaired) electrons. The summed E-state index contributed by atoms with van der Waals surface area (Å²) in [7, 11) is 0. The van der Waals surface area contributed by atoms with Crippen molar-refractivity contribution >= 4 is 6.08 Å². The monoisotopic (exact) mass is 152 g/mol. The van der Waals surface area contributed by atoms with Crippen LogP contribution in [-0.4, -0.2) is 20.2 Å². The van der Waals surface area contributed by atoms with E-state index in [0.29, 0.717) is 0 Å². The second-order valence-corrected chi connectivity index (χ2v) is 2.57. The molecule has 0 aliphatic rings. The molecule has 11 heavy (non-hydrogen) atoms. The molecule has 0 unspecified atom stereocenters. The van der Waals surface area contributed by atoms with Gasteiger partial charge in [-0.1, -0.05) is 5.57 Å². The van der Waals surface area contributed by atoms with Gasteiger partial charge in [0.25, 0.3) is 0 Å². The lowest BCUT2D eigenvalue weighted by Crippen LogP contribution is -1.99. The van der Waals surface area contributed by atoms with Crippen LogP contribution < -0.4 is 0 Å². The van der Waals surface area contributed by atoms with Gasteiger partial charge in [0.15, 0.2) is 5.82 Å². The topological polar surface area (TPSA) is 43.6 Å². The molecule has 0 saturated carbocycles. The smallest absolute Gasteiger partial charge is 0.174 e. The molecule has 1 aromatic heterocycles. The molecular weight excluding hydrogens is 140 g/mol. The highest BCUT2D eigenvalue weighted by atomic mass is 15.5. The van der Waals surface area contributed by atoms with Gasteiger partial charge in [-0.15, -0.1) is 5.10 Å². The van der Waals surface area contributed by atoms with E-state index in [4.69, 9.17) is 0 Å². The molecule has 0 aliphatic heterocycles. The molecule has 0 aromatic carbocycles. The Hall–Kier alpha value is -1.19. The molecule has 4 heteroatoms. The molecule has 1 heterocycles. The summed E-state index contributed by atoms with van der Waals surface area (Å²) in [5.41, 5.74) is 1.20. The third kappa shape index (κ3) is 1.86. The van der Waals surface area contributed by atoms with Crippen LogP contribution in [0.4, 0.5) is 0 Å². The lowest BCUT2D eigenvalue weighted by Gasteiger charge is -1.94. The van der Waals surface area contributed by atoms with Crippen LogP contribution in [0.15, 0.2) is 5.57 Å². The van der Waals surface area contributed by atoms with E-state index in [-0.39, 0.29) is 0 Å². The Balaban J connectivity index is 2.93. The van der Waals surface area contributed by atoms with Crippen LogP contribution >= 0.6 is 0 Å². The second-order valence-electron chi connectivity index (χ2n) is 2.57. The first kappa shape index (κ1) is 7.91. The Bertz CT molecular complexity index is 257. The van der Waals surface area contributed by atoms with Crippen molar-refractivity contribution < 1.29 is 0 Å². The standard InChI is InChI=1S/C7H12N4/c1-4-11-7(5-6(2)3)8-9-10-11/h5H,4H2,1-3H3. The predicted octanol–water partition coefficient (Wildman–Crippen LogP) is 1.12. The third-order valence-electron chi connectivity index (χ3n) is 1.28. The average molecular weight is 152 g/mol. The first-order valence-electron chi connectivity index (χ1n) is 3.65. The normalized spacial score (nSPS) is 9.73. The average Bonchev–Trinajstić information content (AvgIpc) is 2.34. The summed E-state index contributed by atoms with van der Waals surface area (Å²) < 4.78 is 1.76. The first-order valence-corrected chi connectivity index (χ1v) is 3.65. The van der Waals surface area contributed by atoms with Gasteiger partial charge >= 0.3 is 0 Å². The van der Waals surface area contributed by atoms with Gasteiger partial charge in [0.2, 0.25) is 0 Å². The van der Waals surface area contributed by atoms with Gasteiger partial charge < -0.3 is 0 Å². The van der Waals surface area contributed by atoms with Crippen molar-refractivity contribution in [3.05, 3.63) is 11.4 Å². The number of nitrogens with zero attached hydrogens (tertiary/aromatic N) is 4. The molecule has 0 amide bonds. The van der Waals surface area contributed by atoms with Gasteiger partial charge in [-0.25, -0.2) is 4.68 Å².